The Hall–Kier alpha value is -1.10. The third-order valence-corrected chi connectivity index (χ3v) is 5.78. The number of nitrogens with one attached hydrogen (secondary N) is 1. The van der Waals surface area contributed by atoms with E-state index in [2.05, 4.69) is 19.2 Å². The Bertz CT molecular complexity index is 477. The lowest BCUT2D eigenvalue weighted by atomic mass is 9.75. The van der Waals surface area contributed by atoms with Gasteiger partial charge in [-0.1, -0.05) is 46.0 Å². The van der Waals surface area contributed by atoms with Crippen molar-refractivity contribution in [1.29, 1.82) is 0 Å². The molecule has 0 spiro atoms. The van der Waals surface area contributed by atoms with Crippen LogP contribution in [0.3, 0.4) is 0 Å². The van der Waals surface area contributed by atoms with E-state index < -0.39 is 11.0 Å². The standard InChI is InChI=1S/C23H43NO4/c1-6-8-12-19(13-16-25)24-21(27)23(14-9-10-15-23)17-18(11-7-2)20(26)28-22(3,4)5/h18-19,25H,6-17H2,1-5H3,(H,24,27)/t18-,19-/m1/s1. The van der Waals surface area contributed by atoms with Crippen molar-refractivity contribution < 1.29 is 19.4 Å². The van der Waals surface area contributed by atoms with Gasteiger partial charge < -0.3 is 15.2 Å². The monoisotopic (exact) mass is 397 g/mol. The van der Waals surface area contributed by atoms with Crippen LogP contribution in [-0.4, -0.2) is 35.2 Å². The molecular weight excluding hydrogens is 354 g/mol. The first-order chi connectivity index (χ1) is 13.2. The van der Waals surface area contributed by atoms with Crippen molar-refractivity contribution in [2.45, 2.75) is 117 Å². The van der Waals surface area contributed by atoms with Crippen molar-refractivity contribution >= 4 is 11.9 Å². The van der Waals surface area contributed by atoms with Gasteiger partial charge in [-0.05, 0) is 59.3 Å². The molecule has 1 amide bonds. The Balaban J connectivity index is 2.91. The molecule has 1 aliphatic rings. The number of ether oxygens (including phenoxy) is 1. The molecule has 0 aliphatic heterocycles. The van der Waals surface area contributed by atoms with E-state index in [1.54, 1.807) is 0 Å². The van der Waals surface area contributed by atoms with Gasteiger partial charge in [-0.15, -0.1) is 0 Å². The first-order valence-corrected chi connectivity index (χ1v) is 11.3. The smallest absolute Gasteiger partial charge is 0.309 e. The van der Waals surface area contributed by atoms with Crippen LogP contribution < -0.4 is 5.32 Å². The summed E-state index contributed by atoms with van der Waals surface area (Å²) in [5, 5.41) is 12.6. The second-order valence-corrected chi connectivity index (χ2v) is 9.54. The highest BCUT2D eigenvalue weighted by atomic mass is 16.6. The Labute approximate surface area is 172 Å². The highest BCUT2D eigenvalue weighted by Crippen LogP contribution is 2.45. The molecule has 5 heteroatoms. The van der Waals surface area contributed by atoms with Crippen molar-refractivity contribution in [3.63, 3.8) is 0 Å². The van der Waals surface area contributed by atoms with E-state index in [1.807, 2.05) is 20.8 Å². The Kier molecular flexibility index (Phi) is 10.5. The van der Waals surface area contributed by atoms with Crippen LogP contribution in [0.15, 0.2) is 0 Å². The number of esters is 1. The number of aliphatic hydroxyl groups is 1. The van der Waals surface area contributed by atoms with E-state index in [0.29, 0.717) is 12.8 Å². The summed E-state index contributed by atoms with van der Waals surface area (Å²) in [6.07, 6.45) is 9.53. The summed E-state index contributed by atoms with van der Waals surface area (Å²) in [5.41, 5.74) is -0.989. The maximum Gasteiger partial charge on any atom is 0.309 e. The molecule has 1 fully saturated rings. The molecule has 2 N–H and O–H groups in total. The number of rotatable bonds is 12. The highest BCUT2D eigenvalue weighted by Gasteiger charge is 2.45. The number of carbonyl (C=O) groups is 2. The predicted octanol–water partition coefficient (Wildman–Crippen LogP) is 4.75. The van der Waals surface area contributed by atoms with Gasteiger partial charge in [0, 0.05) is 12.6 Å². The van der Waals surface area contributed by atoms with Gasteiger partial charge in [0.1, 0.15) is 5.60 Å². The molecular formula is C23H43NO4. The number of hydrogen-bond donors (Lipinski definition) is 2. The molecule has 1 rings (SSSR count). The number of aliphatic hydroxyl groups excluding tert-OH is 1. The lowest BCUT2D eigenvalue weighted by molar-refractivity contribution is -0.162. The number of carbonyl (C=O) groups excluding carboxylic acids is 2. The van der Waals surface area contributed by atoms with Crippen LogP contribution in [0.25, 0.3) is 0 Å². The van der Waals surface area contributed by atoms with E-state index in [1.165, 1.54) is 0 Å². The van der Waals surface area contributed by atoms with Crippen molar-refractivity contribution in [3.8, 4) is 0 Å². The second kappa shape index (κ2) is 11.8. The van der Waals surface area contributed by atoms with Gasteiger partial charge in [0.2, 0.25) is 5.91 Å². The molecule has 164 valence electrons. The van der Waals surface area contributed by atoms with Gasteiger partial charge in [-0.2, -0.15) is 0 Å². The average Bonchev–Trinajstić information content (AvgIpc) is 3.08. The van der Waals surface area contributed by atoms with E-state index in [-0.39, 0.29) is 30.4 Å². The van der Waals surface area contributed by atoms with Gasteiger partial charge in [-0.3, -0.25) is 9.59 Å². The number of amides is 1. The Morgan fingerprint density at radius 2 is 1.71 bits per heavy atom. The minimum atomic E-state index is -0.513. The molecule has 0 aromatic carbocycles. The molecule has 0 bridgehead atoms. The molecule has 28 heavy (non-hydrogen) atoms. The minimum Gasteiger partial charge on any atom is -0.460 e. The van der Waals surface area contributed by atoms with Crippen molar-refractivity contribution in [2.75, 3.05) is 6.61 Å². The fraction of sp³-hybridized carbons (Fsp3) is 0.913. The lowest BCUT2D eigenvalue weighted by Gasteiger charge is -2.34. The van der Waals surface area contributed by atoms with E-state index in [0.717, 1.165) is 57.8 Å². The summed E-state index contributed by atoms with van der Waals surface area (Å²) in [4.78, 5) is 26.1. The molecule has 0 aromatic rings. The molecule has 0 aromatic heterocycles. The predicted molar refractivity (Wildman–Crippen MR) is 113 cm³/mol. The molecule has 2 atom stereocenters. The van der Waals surface area contributed by atoms with Crippen LogP contribution in [0.5, 0.6) is 0 Å². The maximum absolute atomic E-state index is 13.3. The quantitative estimate of drug-likeness (QED) is 0.466. The number of hydrogen-bond acceptors (Lipinski definition) is 4. The van der Waals surface area contributed by atoms with Crippen LogP contribution in [0, 0.1) is 11.3 Å². The van der Waals surface area contributed by atoms with Gasteiger partial charge in [0.15, 0.2) is 0 Å². The molecule has 0 radical (unpaired) electrons. The largest absolute Gasteiger partial charge is 0.460 e. The normalized spacial score (nSPS) is 18.5. The molecule has 0 heterocycles. The second-order valence-electron chi connectivity index (χ2n) is 9.54. The molecule has 0 unspecified atom stereocenters. The van der Waals surface area contributed by atoms with E-state index >= 15 is 0 Å². The van der Waals surface area contributed by atoms with Crippen LogP contribution in [-0.2, 0) is 14.3 Å². The Morgan fingerprint density at radius 1 is 1.07 bits per heavy atom. The average molecular weight is 398 g/mol. The van der Waals surface area contributed by atoms with Gasteiger partial charge >= 0.3 is 5.97 Å². The molecule has 0 saturated heterocycles. The fourth-order valence-electron chi connectivity index (χ4n) is 4.32. The topological polar surface area (TPSA) is 75.6 Å². The van der Waals surface area contributed by atoms with Gasteiger partial charge in [0.25, 0.3) is 0 Å². The van der Waals surface area contributed by atoms with Gasteiger partial charge in [-0.25, -0.2) is 0 Å². The van der Waals surface area contributed by atoms with Crippen LogP contribution in [0.2, 0.25) is 0 Å². The van der Waals surface area contributed by atoms with E-state index in [9.17, 15) is 14.7 Å². The highest BCUT2D eigenvalue weighted by molar-refractivity contribution is 5.84. The molecule has 5 nitrogen and oxygen atoms in total. The zero-order chi connectivity index (χ0) is 21.2. The fourth-order valence-corrected chi connectivity index (χ4v) is 4.32. The third kappa shape index (κ3) is 8.10. The summed E-state index contributed by atoms with van der Waals surface area (Å²) in [7, 11) is 0. The first kappa shape index (κ1) is 24.9. The first-order valence-electron chi connectivity index (χ1n) is 11.3. The summed E-state index contributed by atoms with van der Waals surface area (Å²) < 4.78 is 5.66. The SMILES string of the molecule is CCCC[C@H](CCO)NC(=O)C1(C[C@@H](CCC)C(=O)OC(C)(C)C)CCCC1. The maximum atomic E-state index is 13.3. The Morgan fingerprint density at radius 3 is 2.21 bits per heavy atom. The van der Waals surface area contributed by atoms with Crippen LogP contribution in [0.1, 0.15) is 105 Å². The van der Waals surface area contributed by atoms with Crippen LogP contribution >= 0.6 is 0 Å². The third-order valence-electron chi connectivity index (χ3n) is 5.78. The zero-order valence-corrected chi connectivity index (χ0v) is 18.8. The van der Waals surface area contributed by atoms with Crippen molar-refractivity contribution in [3.05, 3.63) is 0 Å². The number of unbranched alkanes of at least 4 members (excludes halogenated alkanes) is 1. The summed E-state index contributed by atoms with van der Waals surface area (Å²) in [6.45, 7) is 9.95. The lowest BCUT2D eigenvalue weighted by Crippen LogP contribution is -2.46. The van der Waals surface area contributed by atoms with E-state index in [4.69, 9.17) is 4.74 Å². The summed E-state index contributed by atoms with van der Waals surface area (Å²) in [5.74, 6) is -0.337. The minimum absolute atomic E-state index is 0.0149. The molecule has 1 aliphatic carbocycles. The van der Waals surface area contributed by atoms with Crippen LogP contribution in [0.4, 0.5) is 0 Å². The van der Waals surface area contributed by atoms with Gasteiger partial charge in [0.05, 0.1) is 11.3 Å². The van der Waals surface area contributed by atoms with Crippen molar-refractivity contribution in [1.82, 2.24) is 5.32 Å². The summed E-state index contributed by atoms with van der Waals surface area (Å²) >= 11 is 0. The van der Waals surface area contributed by atoms with Crippen molar-refractivity contribution in [2.24, 2.45) is 11.3 Å². The zero-order valence-electron chi connectivity index (χ0n) is 18.8. The summed E-state index contributed by atoms with van der Waals surface area (Å²) in [6, 6.07) is 0.0149. The molecule has 1 saturated carbocycles.